The van der Waals surface area contributed by atoms with Crippen molar-refractivity contribution >= 4 is 23.2 Å². The molecule has 2 saturated heterocycles. The van der Waals surface area contributed by atoms with Gasteiger partial charge in [0.2, 0.25) is 11.8 Å². The number of carbonyl (C=O) groups is 2. The molecular weight excluding hydrogens is 304 g/mol. The molecule has 2 aliphatic rings. The Morgan fingerprint density at radius 1 is 1.25 bits per heavy atom. The van der Waals surface area contributed by atoms with E-state index in [4.69, 9.17) is 0 Å². The van der Waals surface area contributed by atoms with E-state index in [1.54, 1.807) is 0 Å². The van der Waals surface area contributed by atoms with E-state index in [9.17, 15) is 9.59 Å². The summed E-state index contributed by atoms with van der Waals surface area (Å²) in [5.41, 5.74) is 1.82. The fourth-order valence-electron chi connectivity index (χ4n) is 3.51. The Hall–Kier alpha value is -2.08. The molecule has 0 aliphatic carbocycles. The molecule has 3 rings (SSSR count). The Balaban J connectivity index is 1.61. The smallest absolute Gasteiger partial charge is 0.241 e. The Kier molecular flexibility index (Phi) is 5.35. The van der Waals surface area contributed by atoms with Gasteiger partial charge in [-0.2, -0.15) is 0 Å². The number of likely N-dealkylation sites (tertiary alicyclic amines) is 1. The normalized spacial score (nSPS) is 22.1. The fraction of sp³-hybridized carbons (Fsp3) is 0.556. The number of nitrogens with one attached hydrogen (secondary N) is 2. The number of hydrogen-bond donors (Lipinski definition) is 2. The summed E-state index contributed by atoms with van der Waals surface area (Å²) in [4.78, 5) is 28.3. The van der Waals surface area contributed by atoms with Gasteiger partial charge in [-0.25, -0.2) is 0 Å². The van der Waals surface area contributed by atoms with Gasteiger partial charge in [-0.3, -0.25) is 14.5 Å². The number of carbonyl (C=O) groups excluding carboxylic acids is 2. The average Bonchev–Trinajstić information content (AvgIpc) is 2.62. The van der Waals surface area contributed by atoms with Gasteiger partial charge in [0.15, 0.2) is 0 Å². The van der Waals surface area contributed by atoms with Crippen LogP contribution in [0.25, 0.3) is 0 Å². The third kappa shape index (κ3) is 3.87. The van der Waals surface area contributed by atoms with Crippen molar-refractivity contribution in [2.45, 2.75) is 32.2 Å². The zero-order chi connectivity index (χ0) is 16.9. The molecule has 2 aliphatic heterocycles. The summed E-state index contributed by atoms with van der Waals surface area (Å²) in [5.74, 6) is 0.136. The maximum Gasteiger partial charge on any atom is 0.241 e. The number of nitrogens with zero attached hydrogens (tertiary/aromatic N) is 2. The van der Waals surface area contributed by atoms with Crippen LogP contribution in [0.2, 0.25) is 0 Å². The highest BCUT2D eigenvalue weighted by atomic mass is 16.2. The molecule has 0 radical (unpaired) electrons. The van der Waals surface area contributed by atoms with E-state index in [2.05, 4.69) is 22.5 Å². The fourth-order valence-corrected chi connectivity index (χ4v) is 3.51. The lowest BCUT2D eigenvalue weighted by molar-refractivity contribution is -0.122. The van der Waals surface area contributed by atoms with E-state index in [0.717, 1.165) is 43.9 Å². The highest BCUT2D eigenvalue weighted by Gasteiger charge is 2.27. The number of rotatable bonds is 4. The van der Waals surface area contributed by atoms with Gasteiger partial charge in [0.1, 0.15) is 0 Å². The van der Waals surface area contributed by atoms with Crippen molar-refractivity contribution in [1.29, 1.82) is 0 Å². The van der Waals surface area contributed by atoms with Crippen LogP contribution in [0.5, 0.6) is 0 Å². The van der Waals surface area contributed by atoms with Crippen molar-refractivity contribution in [3.8, 4) is 0 Å². The lowest BCUT2D eigenvalue weighted by Crippen LogP contribution is -2.47. The first-order valence-corrected chi connectivity index (χ1v) is 8.84. The molecule has 0 unspecified atom stereocenters. The number of hydrogen-bond acceptors (Lipinski definition) is 4. The Morgan fingerprint density at radius 2 is 2.04 bits per heavy atom. The van der Waals surface area contributed by atoms with Gasteiger partial charge in [-0.15, -0.1) is 0 Å². The predicted octanol–water partition coefficient (Wildman–Crippen LogP) is 1.44. The first-order chi connectivity index (χ1) is 11.7. The topological polar surface area (TPSA) is 64.7 Å². The molecule has 6 heteroatoms. The second-order valence-electron chi connectivity index (χ2n) is 6.45. The van der Waals surface area contributed by atoms with Crippen LogP contribution in [-0.4, -0.2) is 55.5 Å². The highest BCUT2D eigenvalue weighted by molar-refractivity contribution is 5.95. The maximum absolute atomic E-state index is 12.6. The molecule has 2 amide bonds. The quantitative estimate of drug-likeness (QED) is 0.877. The minimum absolute atomic E-state index is 0.0192. The summed E-state index contributed by atoms with van der Waals surface area (Å²) >= 11 is 0. The number of likely N-dealkylation sites (N-methyl/N-ethyl adjacent to an activating group) is 1. The summed E-state index contributed by atoms with van der Waals surface area (Å²) in [5, 5.41) is 5.86. The molecule has 0 aromatic heterocycles. The van der Waals surface area contributed by atoms with E-state index in [0.29, 0.717) is 13.1 Å². The lowest BCUT2D eigenvalue weighted by atomic mass is 10.0. The van der Waals surface area contributed by atoms with Crippen molar-refractivity contribution in [3.63, 3.8) is 0 Å². The Labute approximate surface area is 143 Å². The van der Waals surface area contributed by atoms with Crippen molar-refractivity contribution < 1.29 is 9.59 Å². The lowest BCUT2D eigenvalue weighted by Gasteiger charge is -2.33. The van der Waals surface area contributed by atoms with Gasteiger partial charge < -0.3 is 15.5 Å². The molecule has 130 valence electrons. The summed E-state index contributed by atoms with van der Waals surface area (Å²) in [6.45, 7) is 5.89. The molecule has 6 nitrogen and oxygen atoms in total. The maximum atomic E-state index is 12.6. The van der Waals surface area contributed by atoms with Crippen molar-refractivity contribution in [2.24, 2.45) is 0 Å². The standard InChI is InChI=1S/C18H26N4O2/c1-2-21-11-4-3-5-16(21)18(24)20-14-6-8-15(9-7-14)22-12-10-19-17(23)13-22/h6-9,16H,2-5,10-13H2,1H3,(H,19,23)(H,20,24)/t16-/m1/s1. The van der Waals surface area contributed by atoms with Crippen LogP contribution in [-0.2, 0) is 9.59 Å². The van der Waals surface area contributed by atoms with Gasteiger partial charge >= 0.3 is 0 Å². The first-order valence-electron chi connectivity index (χ1n) is 8.84. The number of piperidine rings is 1. The van der Waals surface area contributed by atoms with Crippen LogP contribution in [0.3, 0.4) is 0 Å². The van der Waals surface area contributed by atoms with Gasteiger partial charge in [0.05, 0.1) is 12.6 Å². The molecule has 1 aromatic rings. The van der Waals surface area contributed by atoms with Crippen LogP contribution in [0.15, 0.2) is 24.3 Å². The van der Waals surface area contributed by atoms with E-state index < -0.39 is 0 Å². The average molecular weight is 330 g/mol. The summed E-state index contributed by atoms with van der Waals surface area (Å²) in [6, 6.07) is 7.74. The zero-order valence-electron chi connectivity index (χ0n) is 14.3. The van der Waals surface area contributed by atoms with Crippen molar-refractivity contribution in [1.82, 2.24) is 10.2 Å². The number of anilines is 2. The second-order valence-corrected chi connectivity index (χ2v) is 6.45. The molecule has 1 aromatic carbocycles. The summed E-state index contributed by atoms with van der Waals surface area (Å²) < 4.78 is 0. The van der Waals surface area contributed by atoms with Crippen molar-refractivity contribution in [3.05, 3.63) is 24.3 Å². The summed E-state index contributed by atoms with van der Waals surface area (Å²) in [6.07, 6.45) is 3.22. The van der Waals surface area contributed by atoms with E-state index in [1.807, 2.05) is 29.2 Å². The van der Waals surface area contributed by atoms with Gasteiger partial charge in [-0.05, 0) is 50.2 Å². The van der Waals surface area contributed by atoms with Crippen LogP contribution in [0, 0.1) is 0 Å². The molecule has 2 heterocycles. The van der Waals surface area contributed by atoms with Gasteiger partial charge in [-0.1, -0.05) is 13.3 Å². The zero-order valence-corrected chi connectivity index (χ0v) is 14.3. The first kappa shape index (κ1) is 16.8. The molecule has 0 saturated carbocycles. The second kappa shape index (κ2) is 7.66. The van der Waals surface area contributed by atoms with E-state index in [-0.39, 0.29) is 17.9 Å². The third-order valence-corrected chi connectivity index (χ3v) is 4.86. The largest absolute Gasteiger partial charge is 0.360 e. The van der Waals surface area contributed by atoms with Crippen LogP contribution >= 0.6 is 0 Å². The van der Waals surface area contributed by atoms with Crippen molar-refractivity contribution in [2.75, 3.05) is 42.9 Å². The monoisotopic (exact) mass is 330 g/mol. The number of amides is 2. The minimum atomic E-state index is -0.0192. The molecule has 2 fully saturated rings. The molecule has 1 atom stereocenters. The van der Waals surface area contributed by atoms with E-state index >= 15 is 0 Å². The SMILES string of the molecule is CCN1CCCC[C@@H]1C(=O)Nc1ccc(N2CCNC(=O)C2)cc1. The van der Waals surface area contributed by atoms with Crippen LogP contribution < -0.4 is 15.5 Å². The Bertz CT molecular complexity index is 587. The number of benzene rings is 1. The summed E-state index contributed by atoms with van der Waals surface area (Å²) in [7, 11) is 0. The van der Waals surface area contributed by atoms with Gasteiger partial charge in [0, 0.05) is 24.5 Å². The molecule has 0 spiro atoms. The van der Waals surface area contributed by atoms with Crippen LogP contribution in [0.1, 0.15) is 26.2 Å². The minimum Gasteiger partial charge on any atom is -0.360 e. The van der Waals surface area contributed by atoms with E-state index in [1.165, 1.54) is 6.42 Å². The van der Waals surface area contributed by atoms with Crippen LogP contribution in [0.4, 0.5) is 11.4 Å². The number of piperazine rings is 1. The Morgan fingerprint density at radius 3 is 2.75 bits per heavy atom. The molecule has 0 bridgehead atoms. The third-order valence-electron chi connectivity index (χ3n) is 4.86. The molecule has 2 N–H and O–H groups in total. The van der Waals surface area contributed by atoms with Gasteiger partial charge in [0.25, 0.3) is 0 Å². The molecular formula is C18H26N4O2. The molecule has 24 heavy (non-hydrogen) atoms. The highest BCUT2D eigenvalue weighted by Crippen LogP contribution is 2.21. The predicted molar refractivity (Wildman–Crippen MR) is 95.2 cm³/mol.